The first kappa shape index (κ1) is 20.7. The van der Waals surface area contributed by atoms with Crippen LogP contribution >= 0.6 is 0 Å². The van der Waals surface area contributed by atoms with Gasteiger partial charge in [-0.05, 0) is 43.4 Å². The molecule has 0 aliphatic rings. The molecule has 33 heavy (non-hydrogen) atoms. The molecule has 2 N–H and O–H groups in total. The molecular formula is C29H22O4. The van der Waals surface area contributed by atoms with Gasteiger partial charge in [0.1, 0.15) is 0 Å². The second kappa shape index (κ2) is 8.40. The van der Waals surface area contributed by atoms with E-state index in [2.05, 4.69) is 6.07 Å². The summed E-state index contributed by atoms with van der Waals surface area (Å²) in [5.74, 6) is -4.01. The third-order valence-electron chi connectivity index (χ3n) is 6.41. The first-order chi connectivity index (χ1) is 16.0. The summed E-state index contributed by atoms with van der Waals surface area (Å²) >= 11 is 0. The van der Waals surface area contributed by atoms with Gasteiger partial charge in [0.25, 0.3) is 0 Å². The lowest BCUT2D eigenvalue weighted by molar-refractivity contribution is -0.148. The van der Waals surface area contributed by atoms with Crippen molar-refractivity contribution >= 4 is 44.3 Å². The minimum atomic E-state index is -1.13. The maximum atomic E-state index is 12.5. The average Bonchev–Trinajstić information content (AvgIpc) is 2.83. The van der Waals surface area contributed by atoms with E-state index in [-0.39, 0.29) is 0 Å². The quantitative estimate of drug-likeness (QED) is 0.301. The number of benzene rings is 5. The molecular weight excluding hydrogens is 412 g/mol. The molecule has 0 aliphatic carbocycles. The number of rotatable bonds is 6. The van der Waals surface area contributed by atoms with Crippen molar-refractivity contribution in [1.82, 2.24) is 0 Å². The fraction of sp³-hybridized carbons (Fsp3) is 0.103. The van der Waals surface area contributed by atoms with E-state index in [9.17, 15) is 19.8 Å². The molecule has 0 amide bonds. The highest BCUT2D eigenvalue weighted by atomic mass is 16.4. The molecule has 0 bridgehead atoms. The molecule has 4 heteroatoms. The zero-order chi connectivity index (χ0) is 22.9. The van der Waals surface area contributed by atoms with E-state index in [1.807, 2.05) is 91.0 Å². The Morgan fingerprint density at radius 3 is 1.85 bits per heavy atom. The van der Waals surface area contributed by atoms with Gasteiger partial charge in [0.05, 0.1) is 12.3 Å². The van der Waals surface area contributed by atoms with Gasteiger partial charge < -0.3 is 10.2 Å². The zero-order valence-electron chi connectivity index (χ0n) is 17.8. The number of carboxylic acids is 2. The summed E-state index contributed by atoms with van der Waals surface area (Å²) in [6.45, 7) is 0. The fourth-order valence-corrected chi connectivity index (χ4v) is 5.01. The molecule has 0 saturated heterocycles. The summed E-state index contributed by atoms with van der Waals surface area (Å²) in [6.07, 6.45) is -0.468. The van der Waals surface area contributed by atoms with Gasteiger partial charge in [0, 0.05) is 5.92 Å². The van der Waals surface area contributed by atoms with Crippen molar-refractivity contribution in [3.8, 4) is 0 Å². The molecule has 0 aromatic heterocycles. The van der Waals surface area contributed by atoms with Crippen LogP contribution in [0.3, 0.4) is 0 Å². The third kappa shape index (κ3) is 3.70. The van der Waals surface area contributed by atoms with Crippen LogP contribution in [0.25, 0.3) is 32.3 Å². The van der Waals surface area contributed by atoms with Gasteiger partial charge in [0.2, 0.25) is 0 Å². The third-order valence-corrected chi connectivity index (χ3v) is 6.41. The van der Waals surface area contributed by atoms with Crippen LogP contribution < -0.4 is 0 Å². The molecule has 0 heterocycles. The van der Waals surface area contributed by atoms with Gasteiger partial charge in [-0.25, -0.2) is 0 Å². The molecule has 2 atom stereocenters. The summed E-state index contributed by atoms with van der Waals surface area (Å²) in [7, 11) is 0. The highest BCUT2D eigenvalue weighted by Gasteiger charge is 2.35. The van der Waals surface area contributed by atoms with Crippen molar-refractivity contribution in [2.45, 2.75) is 12.3 Å². The van der Waals surface area contributed by atoms with Crippen molar-refractivity contribution < 1.29 is 19.8 Å². The molecule has 0 fully saturated rings. The first-order valence-electron chi connectivity index (χ1n) is 10.9. The Morgan fingerprint density at radius 2 is 1.15 bits per heavy atom. The Kier molecular flexibility index (Phi) is 5.27. The van der Waals surface area contributed by atoms with Gasteiger partial charge in [-0.1, -0.05) is 97.1 Å². The van der Waals surface area contributed by atoms with Crippen LogP contribution in [-0.2, 0) is 9.59 Å². The second-order valence-electron chi connectivity index (χ2n) is 8.32. The highest BCUT2D eigenvalue weighted by Crippen LogP contribution is 2.42. The van der Waals surface area contributed by atoms with Crippen LogP contribution in [0.1, 0.15) is 23.5 Å². The fourth-order valence-electron chi connectivity index (χ4n) is 5.01. The van der Waals surface area contributed by atoms with Crippen LogP contribution in [0.15, 0.2) is 97.1 Å². The minimum absolute atomic E-state index is 0.468. The largest absolute Gasteiger partial charge is 0.481 e. The number of aliphatic carboxylic acids is 2. The maximum absolute atomic E-state index is 12.5. The van der Waals surface area contributed by atoms with Gasteiger partial charge in [-0.3, -0.25) is 9.59 Å². The highest BCUT2D eigenvalue weighted by molar-refractivity contribution is 6.10. The molecule has 0 radical (unpaired) electrons. The van der Waals surface area contributed by atoms with Gasteiger partial charge in [-0.2, -0.15) is 0 Å². The number of carboxylic acid groups (broad SMARTS) is 2. The molecule has 0 unspecified atom stereocenters. The Balaban J connectivity index is 1.89. The molecule has 0 aliphatic heterocycles. The summed E-state index contributed by atoms with van der Waals surface area (Å²) in [5.41, 5.74) is 1.65. The minimum Gasteiger partial charge on any atom is -0.481 e. The molecule has 5 aromatic rings. The number of hydrogen-bond donors (Lipinski definition) is 2. The van der Waals surface area contributed by atoms with E-state index in [1.54, 1.807) is 0 Å². The first-order valence-corrected chi connectivity index (χ1v) is 10.9. The molecule has 0 spiro atoms. The molecule has 4 nitrogen and oxygen atoms in total. The predicted molar refractivity (Wildman–Crippen MR) is 131 cm³/mol. The smallest absolute Gasteiger partial charge is 0.308 e. The standard InChI is InChI=1S/C29H22O4/c30-26(31)17-25(29(32)33)28(23-13-5-9-18-7-1-3-11-21(18)23)24-14-6-10-20-16-15-19-8-2-4-12-22(19)27(20)24/h1-16,25,28H,17H2,(H,30,31)(H,32,33)/t25-,28+/m1/s1. The predicted octanol–water partition coefficient (Wildman–Crippen LogP) is 6.45. The summed E-state index contributed by atoms with van der Waals surface area (Å²) < 4.78 is 0. The normalized spacial score (nSPS) is 13.2. The molecule has 0 saturated carbocycles. The van der Waals surface area contributed by atoms with E-state index in [4.69, 9.17) is 0 Å². The van der Waals surface area contributed by atoms with Gasteiger partial charge in [-0.15, -0.1) is 0 Å². The molecule has 5 aromatic carbocycles. The van der Waals surface area contributed by atoms with Crippen molar-refractivity contribution in [2.24, 2.45) is 5.92 Å². The van der Waals surface area contributed by atoms with Crippen LogP contribution in [0.2, 0.25) is 0 Å². The Bertz CT molecular complexity index is 1510. The SMILES string of the molecule is O=C(O)C[C@@H](C(=O)O)[C@@H](c1cccc2ccccc12)c1cccc2ccc3ccccc3c12. The summed E-state index contributed by atoms with van der Waals surface area (Å²) in [6, 6.07) is 31.6. The van der Waals surface area contributed by atoms with Crippen LogP contribution in [0.5, 0.6) is 0 Å². The summed E-state index contributed by atoms with van der Waals surface area (Å²) in [5, 5.41) is 25.8. The van der Waals surface area contributed by atoms with E-state index in [0.717, 1.165) is 43.4 Å². The second-order valence-corrected chi connectivity index (χ2v) is 8.32. The Labute approximate surface area is 190 Å². The van der Waals surface area contributed by atoms with Crippen molar-refractivity contribution in [1.29, 1.82) is 0 Å². The van der Waals surface area contributed by atoms with Gasteiger partial charge >= 0.3 is 11.9 Å². The lowest BCUT2D eigenvalue weighted by Gasteiger charge is -2.27. The lowest BCUT2D eigenvalue weighted by Crippen LogP contribution is -2.26. The van der Waals surface area contributed by atoms with Crippen LogP contribution in [-0.4, -0.2) is 22.2 Å². The lowest BCUT2D eigenvalue weighted by atomic mass is 9.75. The Morgan fingerprint density at radius 1 is 0.606 bits per heavy atom. The maximum Gasteiger partial charge on any atom is 0.308 e. The van der Waals surface area contributed by atoms with Crippen LogP contribution in [0, 0.1) is 5.92 Å². The molecule has 5 rings (SSSR count). The van der Waals surface area contributed by atoms with E-state index in [0.29, 0.717) is 0 Å². The topological polar surface area (TPSA) is 74.6 Å². The number of fused-ring (bicyclic) bond motifs is 4. The Hall–Kier alpha value is -4.18. The average molecular weight is 434 g/mol. The van der Waals surface area contributed by atoms with Crippen molar-refractivity contribution in [3.05, 3.63) is 108 Å². The van der Waals surface area contributed by atoms with Gasteiger partial charge in [0.15, 0.2) is 0 Å². The monoisotopic (exact) mass is 434 g/mol. The van der Waals surface area contributed by atoms with E-state index >= 15 is 0 Å². The van der Waals surface area contributed by atoms with E-state index in [1.165, 1.54) is 0 Å². The zero-order valence-corrected chi connectivity index (χ0v) is 17.8. The summed E-state index contributed by atoms with van der Waals surface area (Å²) in [4.78, 5) is 24.3. The van der Waals surface area contributed by atoms with Crippen LogP contribution in [0.4, 0.5) is 0 Å². The van der Waals surface area contributed by atoms with Crippen molar-refractivity contribution in [3.63, 3.8) is 0 Å². The number of hydrogen-bond acceptors (Lipinski definition) is 2. The van der Waals surface area contributed by atoms with Crippen molar-refractivity contribution in [2.75, 3.05) is 0 Å². The molecule has 162 valence electrons. The van der Waals surface area contributed by atoms with E-state index < -0.39 is 30.2 Å². The number of carbonyl (C=O) groups is 2.